The molecule has 0 saturated heterocycles. The number of allylic oxidation sites excluding steroid dienone is 1. The molecule has 2 aromatic rings. The van der Waals surface area contributed by atoms with Crippen LogP contribution in [0.2, 0.25) is 0 Å². The molecule has 0 N–H and O–H groups in total. The van der Waals surface area contributed by atoms with Crippen LogP contribution in [0, 0.1) is 18.3 Å². The number of nitriles is 1. The van der Waals surface area contributed by atoms with E-state index in [1.807, 2.05) is 55.5 Å². The average molecular weight is 277 g/mol. The van der Waals surface area contributed by atoms with Gasteiger partial charge in [0.2, 0.25) is 0 Å². The molecule has 0 unspecified atom stereocenters. The zero-order chi connectivity index (χ0) is 14.7. The predicted molar refractivity (Wildman–Crippen MR) is 82.1 cm³/mol. The number of benzene rings is 2. The minimum Gasteiger partial charge on any atom is -0.486 e. The van der Waals surface area contributed by atoms with Crippen LogP contribution in [0.5, 0.6) is 11.5 Å². The van der Waals surface area contributed by atoms with Crippen LogP contribution >= 0.6 is 0 Å². The summed E-state index contributed by atoms with van der Waals surface area (Å²) in [7, 11) is 0. The Labute approximate surface area is 124 Å². The molecule has 2 aromatic carbocycles. The Hall–Kier alpha value is -2.73. The Morgan fingerprint density at radius 2 is 1.76 bits per heavy atom. The van der Waals surface area contributed by atoms with Crippen molar-refractivity contribution >= 4 is 11.6 Å². The Morgan fingerprint density at radius 3 is 2.48 bits per heavy atom. The van der Waals surface area contributed by atoms with Gasteiger partial charge in [-0.15, -0.1) is 0 Å². The fourth-order valence-corrected chi connectivity index (χ4v) is 2.23. The third-order valence-corrected chi connectivity index (χ3v) is 3.36. The van der Waals surface area contributed by atoms with Crippen molar-refractivity contribution in [1.82, 2.24) is 0 Å². The molecule has 1 aliphatic rings. The number of aryl methyl sites for hydroxylation is 1. The molecule has 1 heterocycles. The first-order chi connectivity index (χ1) is 10.3. The number of ether oxygens (including phenoxy) is 2. The fraction of sp³-hybridized carbons (Fsp3) is 0.167. The second-order valence-corrected chi connectivity index (χ2v) is 4.94. The molecular weight excluding hydrogens is 262 g/mol. The van der Waals surface area contributed by atoms with Gasteiger partial charge in [0.25, 0.3) is 0 Å². The lowest BCUT2D eigenvalue weighted by atomic mass is 10.0. The van der Waals surface area contributed by atoms with Crippen LogP contribution in [-0.2, 0) is 0 Å². The highest BCUT2D eigenvalue weighted by atomic mass is 16.6. The summed E-state index contributed by atoms with van der Waals surface area (Å²) in [5.74, 6) is 1.49. The second-order valence-electron chi connectivity index (χ2n) is 4.94. The topological polar surface area (TPSA) is 42.2 Å². The maximum Gasteiger partial charge on any atom is 0.161 e. The van der Waals surface area contributed by atoms with Gasteiger partial charge >= 0.3 is 0 Å². The van der Waals surface area contributed by atoms with Crippen LogP contribution in [0.4, 0.5) is 0 Å². The van der Waals surface area contributed by atoms with Crippen molar-refractivity contribution < 1.29 is 9.47 Å². The average Bonchev–Trinajstić information content (AvgIpc) is 2.53. The zero-order valence-electron chi connectivity index (χ0n) is 11.8. The molecule has 3 nitrogen and oxygen atoms in total. The summed E-state index contributed by atoms with van der Waals surface area (Å²) in [6.45, 7) is 3.17. The van der Waals surface area contributed by atoms with Gasteiger partial charge in [-0.05, 0) is 36.3 Å². The number of hydrogen-bond acceptors (Lipinski definition) is 3. The summed E-state index contributed by atoms with van der Waals surface area (Å²) in [6.07, 6.45) is 1.86. The molecular formula is C18H15NO2. The highest BCUT2D eigenvalue weighted by Crippen LogP contribution is 2.32. The van der Waals surface area contributed by atoms with E-state index in [2.05, 4.69) is 6.07 Å². The molecule has 104 valence electrons. The summed E-state index contributed by atoms with van der Waals surface area (Å²) in [5, 5.41) is 9.37. The molecule has 0 aliphatic carbocycles. The molecule has 3 rings (SSSR count). The van der Waals surface area contributed by atoms with E-state index in [4.69, 9.17) is 9.47 Å². The predicted octanol–water partition coefficient (Wildman–Crippen LogP) is 3.83. The van der Waals surface area contributed by atoms with Crippen LogP contribution < -0.4 is 9.47 Å². The monoisotopic (exact) mass is 277 g/mol. The van der Waals surface area contributed by atoms with E-state index in [0.717, 1.165) is 22.6 Å². The van der Waals surface area contributed by atoms with E-state index in [1.54, 1.807) is 0 Å². The lowest BCUT2D eigenvalue weighted by molar-refractivity contribution is 0.171. The standard InChI is InChI=1S/C18H15NO2/c1-13-2-5-15(6-3-13)16(12-19)10-14-4-7-17-18(11-14)21-9-8-20-17/h2-7,10-11H,8-9H2,1H3/b16-10-. The minimum absolute atomic E-state index is 0.559. The molecule has 0 bridgehead atoms. The van der Waals surface area contributed by atoms with E-state index < -0.39 is 0 Å². The fourth-order valence-electron chi connectivity index (χ4n) is 2.23. The summed E-state index contributed by atoms with van der Waals surface area (Å²) in [4.78, 5) is 0. The van der Waals surface area contributed by atoms with Crippen molar-refractivity contribution in [1.29, 1.82) is 5.26 Å². The Kier molecular flexibility index (Phi) is 3.61. The SMILES string of the molecule is Cc1ccc(/C(C#N)=C\c2ccc3c(c2)OCCO3)cc1. The lowest BCUT2D eigenvalue weighted by Gasteiger charge is -2.18. The van der Waals surface area contributed by atoms with Gasteiger partial charge in [0.1, 0.15) is 13.2 Å². The Balaban J connectivity index is 1.95. The van der Waals surface area contributed by atoms with Crippen LogP contribution in [-0.4, -0.2) is 13.2 Å². The lowest BCUT2D eigenvalue weighted by Crippen LogP contribution is -2.15. The molecule has 0 fully saturated rings. The molecule has 0 aromatic heterocycles. The van der Waals surface area contributed by atoms with Gasteiger partial charge in [-0.3, -0.25) is 0 Å². The first-order valence-electron chi connectivity index (χ1n) is 6.85. The Morgan fingerprint density at radius 1 is 1.05 bits per heavy atom. The number of hydrogen-bond donors (Lipinski definition) is 0. The molecule has 0 amide bonds. The molecule has 0 radical (unpaired) electrons. The van der Waals surface area contributed by atoms with Crippen molar-refractivity contribution in [2.24, 2.45) is 0 Å². The highest BCUT2D eigenvalue weighted by molar-refractivity contribution is 5.89. The molecule has 0 saturated carbocycles. The normalized spacial score (nSPS) is 13.6. The van der Waals surface area contributed by atoms with Crippen molar-refractivity contribution in [2.45, 2.75) is 6.92 Å². The zero-order valence-corrected chi connectivity index (χ0v) is 11.8. The highest BCUT2D eigenvalue weighted by Gasteiger charge is 2.11. The first kappa shape index (κ1) is 13.3. The van der Waals surface area contributed by atoms with Crippen LogP contribution in [0.15, 0.2) is 42.5 Å². The van der Waals surface area contributed by atoms with Crippen molar-refractivity contribution in [3.05, 3.63) is 59.2 Å². The van der Waals surface area contributed by atoms with Crippen LogP contribution in [0.25, 0.3) is 11.6 Å². The van der Waals surface area contributed by atoms with Gasteiger partial charge in [-0.1, -0.05) is 35.9 Å². The van der Waals surface area contributed by atoms with Gasteiger partial charge in [0.05, 0.1) is 11.6 Å². The van der Waals surface area contributed by atoms with Crippen LogP contribution in [0.3, 0.4) is 0 Å². The molecule has 1 aliphatic heterocycles. The number of fused-ring (bicyclic) bond motifs is 1. The summed E-state index contributed by atoms with van der Waals surface area (Å²) >= 11 is 0. The molecule has 0 atom stereocenters. The van der Waals surface area contributed by atoms with Crippen LogP contribution in [0.1, 0.15) is 16.7 Å². The first-order valence-corrected chi connectivity index (χ1v) is 6.85. The summed E-state index contributed by atoms with van der Waals surface area (Å²) < 4.78 is 11.1. The van der Waals surface area contributed by atoms with Crippen molar-refractivity contribution in [2.75, 3.05) is 13.2 Å². The number of nitrogens with zero attached hydrogens (tertiary/aromatic N) is 1. The van der Waals surface area contributed by atoms with E-state index in [0.29, 0.717) is 18.8 Å². The van der Waals surface area contributed by atoms with Gasteiger partial charge in [-0.2, -0.15) is 5.26 Å². The molecule has 0 spiro atoms. The second kappa shape index (κ2) is 5.72. The van der Waals surface area contributed by atoms with E-state index in [-0.39, 0.29) is 0 Å². The summed E-state index contributed by atoms with van der Waals surface area (Å²) in [5.41, 5.74) is 3.65. The maximum atomic E-state index is 9.37. The van der Waals surface area contributed by atoms with Gasteiger partial charge in [0, 0.05) is 0 Å². The van der Waals surface area contributed by atoms with E-state index in [9.17, 15) is 5.26 Å². The quantitative estimate of drug-likeness (QED) is 0.619. The van der Waals surface area contributed by atoms with Crippen molar-refractivity contribution in [3.8, 4) is 17.6 Å². The third-order valence-electron chi connectivity index (χ3n) is 3.36. The van der Waals surface area contributed by atoms with Gasteiger partial charge in [-0.25, -0.2) is 0 Å². The van der Waals surface area contributed by atoms with Gasteiger partial charge in [0.15, 0.2) is 11.5 Å². The van der Waals surface area contributed by atoms with E-state index >= 15 is 0 Å². The number of rotatable bonds is 2. The minimum atomic E-state index is 0.559. The maximum absolute atomic E-state index is 9.37. The van der Waals surface area contributed by atoms with Gasteiger partial charge < -0.3 is 9.47 Å². The third kappa shape index (κ3) is 2.90. The van der Waals surface area contributed by atoms with Crippen molar-refractivity contribution in [3.63, 3.8) is 0 Å². The largest absolute Gasteiger partial charge is 0.486 e. The molecule has 3 heteroatoms. The molecule has 21 heavy (non-hydrogen) atoms. The smallest absolute Gasteiger partial charge is 0.161 e. The van der Waals surface area contributed by atoms with E-state index in [1.165, 1.54) is 5.56 Å². The Bertz CT molecular complexity index is 724. The summed E-state index contributed by atoms with van der Waals surface area (Å²) in [6, 6.07) is 15.9.